The van der Waals surface area contributed by atoms with Gasteiger partial charge in [0.05, 0.1) is 12.1 Å². The number of carboxylic acid groups (broad SMARTS) is 1. The van der Waals surface area contributed by atoms with Crippen molar-refractivity contribution < 1.29 is 19.5 Å². The van der Waals surface area contributed by atoms with Crippen molar-refractivity contribution in [2.45, 2.75) is 0 Å². The van der Waals surface area contributed by atoms with E-state index in [1.807, 2.05) is 0 Å². The lowest BCUT2D eigenvalue weighted by Crippen LogP contribution is -2.35. The van der Waals surface area contributed by atoms with E-state index in [9.17, 15) is 14.4 Å². The van der Waals surface area contributed by atoms with Crippen molar-refractivity contribution in [3.05, 3.63) is 29.6 Å². The van der Waals surface area contributed by atoms with Crippen LogP contribution in [0.3, 0.4) is 0 Å². The first-order chi connectivity index (χ1) is 7.91. The van der Waals surface area contributed by atoms with Gasteiger partial charge in [-0.25, -0.2) is 9.78 Å². The van der Waals surface area contributed by atoms with Crippen LogP contribution in [0.4, 0.5) is 0 Å². The molecule has 0 unspecified atom stereocenters. The van der Waals surface area contributed by atoms with Crippen LogP contribution in [0.2, 0.25) is 0 Å². The highest BCUT2D eigenvalue weighted by Gasteiger charge is 2.14. The van der Waals surface area contributed by atoms with Gasteiger partial charge < -0.3 is 15.7 Å². The Labute approximate surface area is 96.9 Å². The van der Waals surface area contributed by atoms with Crippen molar-refractivity contribution in [2.24, 2.45) is 5.73 Å². The highest BCUT2D eigenvalue weighted by molar-refractivity contribution is 5.96. The van der Waals surface area contributed by atoms with E-state index >= 15 is 0 Å². The second-order valence-corrected chi connectivity index (χ2v) is 3.36. The summed E-state index contributed by atoms with van der Waals surface area (Å²) in [6, 6.07) is 2.55. The average Bonchev–Trinajstić information content (AvgIpc) is 2.27. The van der Waals surface area contributed by atoms with Gasteiger partial charge in [0.1, 0.15) is 5.69 Å². The highest BCUT2D eigenvalue weighted by Crippen LogP contribution is 2.03. The lowest BCUT2D eigenvalue weighted by molar-refractivity contribution is -0.118. The Bertz CT molecular complexity index is 455. The number of carbonyl (C=O) groups excluding carboxylic acids is 2. The Morgan fingerprint density at radius 1 is 1.41 bits per heavy atom. The minimum absolute atomic E-state index is 0.154. The summed E-state index contributed by atoms with van der Waals surface area (Å²) in [7, 11) is 1.41. The predicted octanol–water partition coefficient (Wildman–Crippen LogP) is -0.663. The molecule has 0 fully saturated rings. The molecule has 0 aromatic carbocycles. The Hall–Kier alpha value is -2.44. The highest BCUT2D eigenvalue weighted by atomic mass is 16.4. The van der Waals surface area contributed by atoms with Crippen LogP contribution in [0.15, 0.2) is 18.3 Å². The van der Waals surface area contributed by atoms with Crippen LogP contribution in [0.1, 0.15) is 20.8 Å². The third-order valence-electron chi connectivity index (χ3n) is 1.97. The number of rotatable bonds is 4. The molecule has 1 aromatic rings. The van der Waals surface area contributed by atoms with E-state index in [0.717, 1.165) is 11.1 Å². The predicted molar refractivity (Wildman–Crippen MR) is 57.4 cm³/mol. The van der Waals surface area contributed by atoms with E-state index in [0.29, 0.717) is 0 Å². The molecule has 0 radical (unpaired) electrons. The molecule has 0 saturated carbocycles. The van der Waals surface area contributed by atoms with Crippen LogP contribution < -0.4 is 5.73 Å². The molecule has 1 rings (SSSR count). The number of hydrogen-bond donors (Lipinski definition) is 2. The standard InChI is InChI=1S/C10H11N3O4/c1-13(5-8(11)14)9(15)6-2-3-7(10(16)17)12-4-6/h2-4H,5H2,1H3,(H2,11,14)(H,16,17). The number of aromatic nitrogens is 1. The normalized spacial score (nSPS) is 9.71. The first kappa shape index (κ1) is 12.6. The molecule has 0 aliphatic rings. The molecule has 0 spiro atoms. The molecule has 7 heteroatoms. The third kappa shape index (κ3) is 3.26. The zero-order valence-corrected chi connectivity index (χ0v) is 9.08. The molecule has 0 saturated heterocycles. The number of carbonyl (C=O) groups is 3. The number of nitrogens with zero attached hydrogens (tertiary/aromatic N) is 2. The molecule has 2 amide bonds. The maximum Gasteiger partial charge on any atom is 0.354 e. The smallest absolute Gasteiger partial charge is 0.354 e. The molecular weight excluding hydrogens is 226 g/mol. The molecular formula is C10H11N3O4. The van der Waals surface area contributed by atoms with Crippen molar-refractivity contribution in [3.63, 3.8) is 0 Å². The summed E-state index contributed by atoms with van der Waals surface area (Å²) in [5, 5.41) is 8.62. The Morgan fingerprint density at radius 2 is 2.06 bits per heavy atom. The number of likely N-dealkylation sites (N-methyl/N-ethyl adjacent to an activating group) is 1. The van der Waals surface area contributed by atoms with Crippen LogP contribution in [0.5, 0.6) is 0 Å². The van der Waals surface area contributed by atoms with Crippen LogP contribution in [-0.4, -0.2) is 46.4 Å². The van der Waals surface area contributed by atoms with Crippen LogP contribution >= 0.6 is 0 Å². The summed E-state index contributed by atoms with van der Waals surface area (Å²) in [4.78, 5) is 37.6. The van der Waals surface area contributed by atoms with Crippen molar-refractivity contribution >= 4 is 17.8 Å². The number of primary amides is 1. The van der Waals surface area contributed by atoms with E-state index in [4.69, 9.17) is 10.8 Å². The van der Waals surface area contributed by atoms with Gasteiger partial charge in [0.2, 0.25) is 5.91 Å². The molecule has 0 atom stereocenters. The van der Waals surface area contributed by atoms with Gasteiger partial charge in [-0.3, -0.25) is 9.59 Å². The summed E-state index contributed by atoms with van der Waals surface area (Å²) in [5.41, 5.74) is 4.99. The molecule has 1 aromatic heterocycles. The minimum Gasteiger partial charge on any atom is -0.477 e. The van der Waals surface area contributed by atoms with Crippen molar-refractivity contribution in [2.75, 3.05) is 13.6 Å². The molecule has 90 valence electrons. The molecule has 1 heterocycles. The summed E-state index contributed by atoms with van der Waals surface area (Å²) in [6.07, 6.45) is 1.14. The quantitative estimate of drug-likeness (QED) is 0.721. The summed E-state index contributed by atoms with van der Waals surface area (Å²) < 4.78 is 0. The number of carboxylic acids is 1. The second kappa shape index (κ2) is 5.06. The number of hydrogen-bond acceptors (Lipinski definition) is 4. The molecule has 17 heavy (non-hydrogen) atoms. The Balaban J connectivity index is 2.82. The molecule has 3 N–H and O–H groups in total. The minimum atomic E-state index is -1.17. The van der Waals surface area contributed by atoms with Gasteiger partial charge in [-0.15, -0.1) is 0 Å². The maximum atomic E-state index is 11.7. The van der Waals surface area contributed by atoms with Gasteiger partial charge >= 0.3 is 5.97 Å². The van der Waals surface area contributed by atoms with E-state index in [1.165, 1.54) is 19.2 Å². The second-order valence-electron chi connectivity index (χ2n) is 3.36. The van der Waals surface area contributed by atoms with Gasteiger partial charge in [0, 0.05) is 13.2 Å². The van der Waals surface area contributed by atoms with Gasteiger partial charge in [0.25, 0.3) is 5.91 Å². The fraction of sp³-hybridized carbons (Fsp3) is 0.200. The van der Waals surface area contributed by atoms with Gasteiger partial charge in [-0.2, -0.15) is 0 Å². The van der Waals surface area contributed by atoms with Crippen molar-refractivity contribution in [3.8, 4) is 0 Å². The van der Waals surface area contributed by atoms with Gasteiger partial charge in [-0.1, -0.05) is 0 Å². The maximum absolute atomic E-state index is 11.7. The van der Waals surface area contributed by atoms with Crippen LogP contribution in [0, 0.1) is 0 Å². The summed E-state index contributed by atoms with van der Waals surface area (Å²) in [6.45, 7) is -0.209. The molecule has 0 bridgehead atoms. The lowest BCUT2D eigenvalue weighted by atomic mass is 10.2. The Kier molecular flexibility index (Phi) is 3.76. The fourth-order valence-electron chi connectivity index (χ4n) is 1.17. The molecule has 7 nitrogen and oxygen atoms in total. The SMILES string of the molecule is CN(CC(N)=O)C(=O)c1ccc(C(=O)O)nc1. The van der Waals surface area contributed by atoms with Gasteiger partial charge in [-0.05, 0) is 12.1 Å². The van der Waals surface area contributed by atoms with Crippen LogP contribution in [-0.2, 0) is 4.79 Å². The van der Waals surface area contributed by atoms with Crippen LogP contribution in [0.25, 0.3) is 0 Å². The van der Waals surface area contributed by atoms with E-state index in [2.05, 4.69) is 4.98 Å². The summed E-state index contributed by atoms with van der Waals surface area (Å²) in [5.74, 6) is -2.25. The fourth-order valence-corrected chi connectivity index (χ4v) is 1.17. The lowest BCUT2D eigenvalue weighted by Gasteiger charge is -2.14. The monoisotopic (exact) mass is 237 g/mol. The zero-order valence-electron chi connectivity index (χ0n) is 9.08. The van der Waals surface area contributed by atoms with Gasteiger partial charge in [0.15, 0.2) is 0 Å². The summed E-state index contributed by atoms with van der Waals surface area (Å²) >= 11 is 0. The van der Waals surface area contributed by atoms with E-state index < -0.39 is 17.8 Å². The van der Waals surface area contributed by atoms with E-state index in [1.54, 1.807) is 0 Å². The topological polar surface area (TPSA) is 114 Å². The average molecular weight is 237 g/mol. The molecule has 0 aliphatic carbocycles. The van der Waals surface area contributed by atoms with Crippen molar-refractivity contribution in [1.82, 2.24) is 9.88 Å². The first-order valence-corrected chi connectivity index (χ1v) is 4.65. The number of pyridine rings is 1. The largest absolute Gasteiger partial charge is 0.477 e. The van der Waals surface area contributed by atoms with Crippen molar-refractivity contribution in [1.29, 1.82) is 0 Å². The third-order valence-corrected chi connectivity index (χ3v) is 1.97. The first-order valence-electron chi connectivity index (χ1n) is 4.65. The van der Waals surface area contributed by atoms with E-state index in [-0.39, 0.29) is 17.8 Å². The Morgan fingerprint density at radius 3 is 2.47 bits per heavy atom. The number of amides is 2. The number of aromatic carboxylic acids is 1. The number of nitrogens with two attached hydrogens (primary N) is 1. The molecule has 0 aliphatic heterocycles. The zero-order chi connectivity index (χ0) is 13.0.